The zero-order valence-corrected chi connectivity index (χ0v) is 20.2. The second-order valence-corrected chi connectivity index (χ2v) is 8.13. The fourth-order valence-electron chi connectivity index (χ4n) is 3.60. The van der Waals surface area contributed by atoms with E-state index in [1.165, 1.54) is 14.2 Å². The molecular formula is C25H32O6S. The third-order valence-electron chi connectivity index (χ3n) is 5.21. The van der Waals surface area contributed by atoms with Crippen LogP contribution in [0.25, 0.3) is 0 Å². The van der Waals surface area contributed by atoms with E-state index in [9.17, 15) is 9.59 Å². The zero-order chi connectivity index (χ0) is 23.6. The third-order valence-corrected chi connectivity index (χ3v) is 5.95. The molecule has 0 aliphatic heterocycles. The fourth-order valence-corrected chi connectivity index (χ4v) is 4.01. The highest BCUT2D eigenvalue weighted by molar-refractivity contribution is 7.98. The summed E-state index contributed by atoms with van der Waals surface area (Å²) in [4.78, 5) is 27.0. The summed E-state index contributed by atoms with van der Waals surface area (Å²) in [6, 6.07) is 15.3. The predicted octanol–water partition coefficient (Wildman–Crippen LogP) is 4.60. The van der Waals surface area contributed by atoms with Gasteiger partial charge >= 0.3 is 11.9 Å². The normalized spacial score (nSPS) is 11.4. The van der Waals surface area contributed by atoms with Crippen LogP contribution in [0.2, 0.25) is 0 Å². The molecule has 0 N–H and O–H groups in total. The van der Waals surface area contributed by atoms with E-state index in [2.05, 4.69) is 0 Å². The van der Waals surface area contributed by atoms with Crippen molar-refractivity contribution in [1.82, 2.24) is 0 Å². The summed E-state index contributed by atoms with van der Waals surface area (Å²) in [6.07, 6.45) is 1.85. The Morgan fingerprint density at radius 2 is 1.25 bits per heavy atom. The van der Waals surface area contributed by atoms with E-state index in [0.717, 1.165) is 21.6 Å². The molecule has 0 spiro atoms. The van der Waals surface area contributed by atoms with Crippen LogP contribution in [0.5, 0.6) is 0 Å². The van der Waals surface area contributed by atoms with Gasteiger partial charge in [0, 0.05) is 23.7 Å². The lowest BCUT2D eigenvalue weighted by Gasteiger charge is -2.29. The van der Waals surface area contributed by atoms with Crippen LogP contribution in [-0.4, -0.2) is 45.6 Å². The van der Waals surface area contributed by atoms with E-state index in [-0.39, 0.29) is 12.8 Å². The van der Waals surface area contributed by atoms with Crippen LogP contribution in [0, 0.1) is 5.41 Å². The van der Waals surface area contributed by atoms with Crippen molar-refractivity contribution in [2.75, 3.05) is 33.7 Å². The molecule has 7 heteroatoms. The smallest absolute Gasteiger partial charge is 0.323 e. The number of ether oxygens (including phenoxy) is 4. The fraction of sp³-hybridized carbons (Fsp3) is 0.440. The maximum Gasteiger partial charge on any atom is 0.323 e. The Labute approximate surface area is 194 Å². The highest BCUT2D eigenvalue weighted by atomic mass is 32.2. The Morgan fingerprint density at radius 1 is 0.812 bits per heavy atom. The minimum absolute atomic E-state index is 0.144. The summed E-state index contributed by atoms with van der Waals surface area (Å²) in [5.41, 5.74) is 1.03. The van der Waals surface area contributed by atoms with Crippen LogP contribution in [0.3, 0.4) is 0 Å². The number of methoxy groups -OCH3 is 2. The largest absolute Gasteiger partial charge is 0.468 e. The summed E-state index contributed by atoms with van der Waals surface area (Å²) in [6.45, 7) is 4.87. The Morgan fingerprint density at radius 3 is 1.62 bits per heavy atom. The van der Waals surface area contributed by atoms with Gasteiger partial charge in [-0.3, -0.25) is 9.59 Å². The summed E-state index contributed by atoms with van der Waals surface area (Å²) in [5, 5.41) is 0. The lowest BCUT2D eigenvalue weighted by Crippen LogP contribution is -2.45. The second kappa shape index (κ2) is 12.6. The van der Waals surface area contributed by atoms with Gasteiger partial charge in [0.1, 0.15) is 0 Å². The topological polar surface area (TPSA) is 71.1 Å². The number of thioether (sulfide) groups is 1. The first-order valence-corrected chi connectivity index (χ1v) is 11.8. The van der Waals surface area contributed by atoms with Gasteiger partial charge in [0.25, 0.3) is 0 Å². The molecule has 0 fully saturated rings. The lowest BCUT2D eigenvalue weighted by atomic mass is 9.76. The van der Waals surface area contributed by atoms with Crippen LogP contribution in [0.1, 0.15) is 36.8 Å². The van der Waals surface area contributed by atoms with Crippen molar-refractivity contribution < 1.29 is 28.5 Å². The van der Waals surface area contributed by atoms with Gasteiger partial charge in [-0.25, -0.2) is 0 Å². The molecule has 0 saturated carbocycles. The summed E-state index contributed by atoms with van der Waals surface area (Å²) < 4.78 is 21.4. The Bertz CT molecular complexity index is 841. The van der Waals surface area contributed by atoms with Crippen LogP contribution in [0.15, 0.2) is 53.4 Å². The van der Waals surface area contributed by atoms with Crippen molar-refractivity contribution in [2.24, 2.45) is 5.41 Å². The second-order valence-electron chi connectivity index (χ2n) is 7.25. The first kappa shape index (κ1) is 25.9. The Kier molecular flexibility index (Phi) is 10.2. The first-order chi connectivity index (χ1) is 15.4. The number of rotatable bonds is 12. The van der Waals surface area contributed by atoms with Crippen molar-refractivity contribution >= 4 is 23.7 Å². The maximum absolute atomic E-state index is 12.9. The van der Waals surface area contributed by atoms with E-state index < -0.39 is 23.6 Å². The van der Waals surface area contributed by atoms with Crippen LogP contribution in [-0.2, 0) is 41.4 Å². The van der Waals surface area contributed by atoms with Gasteiger partial charge in [-0.05, 0) is 56.2 Å². The highest BCUT2D eigenvalue weighted by Crippen LogP contribution is 2.33. The molecule has 0 bridgehead atoms. The highest BCUT2D eigenvalue weighted by Gasteiger charge is 2.48. The van der Waals surface area contributed by atoms with Gasteiger partial charge in [-0.2, -0.15) is 0 Å². The quantitative estimate of drug-likeness (QED) is 0.198. The SMILES string of the molecule is CCOC(OCC)c1ccc(CC(Cc2ccc(SC)cc2)(C(=O)OC)C(=O)OC)cc1. The molecule has 0 aliphatic rings. The molecule has 0 amide bonds. The van der Waals surface area contributed by atoms with Crippen molar-refractivity contribution in [1.29, 1.82) is 0 Å². The molecule has 0 atom stereocenters. The monoisotopic (exact) mass is 460 g/mol. The summed E-state index contributed by atoms with van der Waals surface area (Å²) >= 11 is 1.63. The van der Waals surface area contributed by atoms with Crippen molar-refractivity contribution in [3.63, 3.8) is 0 Å². The number of carbonyl (C=O) groups is 2. The van der Waals surface area contributed by atoms with E-state index >= 15 is 0 Å². The molecule has 0 unspecified atom stereocenters. The van der Waals surface area contributed by atoms with Gasteiger partial charge in [-0.1, -0.05) is 36.4 Å². The number of esters is 2. The molecule has 2 aromatic rings. The number of hydrogen-bond acceptors (Lipinski definition) is 7. The number of benzene rings is 2. The molecule has 0 aromatic heterocycles. The Hall–Kier alpha value is -2.35. The van der Waals surface area contributed by atoms with Crippen LogP contribution >= 0.6 is 11.8 Å². The van der Waals surface area contributed by atoms with E-state index in [4.69, 9.17) is 18.9 Å². The van der Waals surface area contributed by atoms with Gasteiger partial charge in [0.15, 0.2) is 11.7 Å². The van der Waals surface area contributed by atoms with Gasteiger partial charge in [0.2, 0.25) is 0 Å². The Balaban J connectivity index is 2.38. The van der Waals surface area contributed by atoms with E-state index in [1.54, 1.807) is 11.8 Å². The lowest BCUT2D eigenvalue weighted by molar-refractivity contribution is -0.169. The molecular weight excluding hydrogens is 428 g/mol. The standard InChI is InChI=1S/C25H32O6S/c1-6-30-22(31-7-2)20-12-8-18(9-13-20)16-25(23(26)28-3,24(27)29-4)17-19-10-14-21(32-5)15-11-19/h8-15,22H,6-7,16-17H2,1-5H3. The zero-order valence-electron chi connectivity index (χ0n) is 19.4. The van der Waals surface area contributed by atoms with Crippen molar-refractivity contribution in [3.8, 4) is 0 Å². The minimum Gasteiger partial charge on any atom is -0.468 e. The average Bonchev–Trinajstić information content (AvgIpc) is 2.83. The predicted molar refractivity (Wildman–Crippen MR) is 125 cm³/mol. The minimum atomic E-state index is -1.49. The number of hydrogen-bond donors (Lipinski definition) is 0. The molecule has 0 aliphatic carbocycles. The molecule has 0 saturated heterocycles. The first-order valence-electron chi connectivity index (χ1n) is 10.6. The van der Waals surface area contributed by atoms with Crippen molar-refractivity contribution in [3.05, 3.63) is 65.2 Å². The molecule has 32 heavy (non-hydrogen) atoms. The molecule has 2 rings (SSSR count). The summed E-state index contributed by atoms with van der Waals surface area (Å²) in [7, 11) is 2.57. The third kappa shape index (κ3) is 6.34. The van der Waals surface area contributed by atoms with E-state index in [0.29, 0.717) is 13.2 Å². The summed E-state index contributed by atoms with van der Waals surface area (Å²) in [5.74, 6) is -1.24. The van der Waals surface area contributed by atoms with E-state index in [1.807, 2.05) is 68.6 Å². The average molecular weight is 461 g/mol. The molecule has 0 radical (unpaired) electrons. The molecule has 0 heterocycles. The van der Waals surface area contributed by atoms with Crippen LogP contribution < -0.4 is 0 Å². The van der Waals surface area contributed by atoms with Gasteiger partial charge in [0.05, 0.1) is 14.2 Å². The van der Waals surface area contributed by atoms with Gasteiger partial charge < -0.3 is 18.9 Å². The number of carbonyl (C=O) groups excluding carboxylic acids is 2. The molecule has 2 aromatic carbocycles. The van der Waals surface area contributed by atoms with Crippen LogP contribution in [0.4, 0.5) is 0 Å². The maximum atomic E-state index is 12.9. The molecule has 6 nitrogen and oxygen atoms in total. The van der Waals surface area contributed by atoms with Gasteiger partial charge in [-0.15, -0.1) is 11.8 Å². The molecule has 174 valence electrons. The van der Waals surface area contributed by atoms with Crippen molar-refractivity contribution in [2.45, 2.75) is 37.9 Å².